The normalized spacial score (nSPS) is 11.5. The van der Waals surface area contributed by atoms with E-state index < -0.39 is 0 Å². The van der Waals surface area contributed by atoms with E-state index in [1.807, 2.05) is 7.05 Å². The van der Waals surface area contributed by atoms with Gasteiger partial charge in [-0.15, -0.1) is 0 Å². The molecule has 0 bridgehead atoms. The Morgan fingerprint density at radius 3 is 0.919 bits per heavy atom. The second-order valence-corrected chi connectivity index (χ2v) is 8.38. The minimum absolute atomic E-state index is 0.538. The van der Waals surface area contributed by atoms with Gasteiger partial charge in [-0.25, -0.2) is 0 Å². The third-order valence-corrected chi connectivity index (χ3v) is 5.11. The molecule has 0 aliphatic rings. The molecule has 37 heavy (non-hydrogen) atoms. The Labute approximate surface area is 226 Å². The van der Waals surface area contributed by atoms with Gasteiger partial charge in [0, 0.05) is 13.2 Å². The Morgan fingerprint density at radius 2 is 0.595 bits per heavy atom. The number of hydrogen-bond donors (Lipinski definition) is 1. The van der Waals surface area contributed by atoms with Gasteiger partial charge >= 0.3 is 0 Å². The van der Waals surface area contributed by atoms with Gasteiger partial charge in [0.2, 0.25) is 0 Å². The molecule has 0 saturated heterocycles. The third kappa shape index (κ3) is 35.6. The molecule has 0 fully saturated rings. The molecular weight excluding hydrogens is 482 g/mol. The highest BCUT2D eigenvalue weighted by atomic mass is 16.6. The molecule has 10 heteroatoms. The number of rotatable bonds is 34. The van der Waals surface area contributed by atoms with Gasteiger partial charge in [0.1, 0.15) is 0 Å². The number of nitrogens with one attached hydrogen (secondary N) is 1. The van der Waals surface area contributed by atoms with Crippen LogP contribution in [0.2, 0.25) is 0 Å². The largest absolute Gasteiger partial charge is 0.379 e. The number of hydrogen-bond acceptors (Lipinski definition) is 10. The van der Waals surface area contributed by atoms with Crippen molar-refractivity contribution in [1.29, 1.82) is 0 Å². The molecule has 0 aromatic rings. The van der Waals surface area contributed by atoms with Crippen LogP contribution in [0.4, 0.5) is 0 Å². The molecule has 0 amide bonds. The number of likely N-dealkylation sites (N-methyl/N-ethyl adjacent to an activating group) is 1. The molecule has 0 heterocycles. The van der Waals surface area contributed by atoms with Gasteiger partial charge in [-0.2, -0.15) is 0 Å². The van der Waals surface area contributed by atoms with Gasteiger partial charge in [0.05, 0.1) is 112 Å². The van der Waals surface area contributed by atoms with Crippen LogP contribution in [0.3, 0.4) is 0 Å². The van der Waals surface area contributed by atoms with E-state index in [0.29, 0.717) is 112 Å². The van der Waals surface area contributed by atoms with Crippen molar-refractivity contribution in [3.8, 4) is 0 Å². The molecule has 0 radical (unpaired) electrons. The van der Waals surface area contributed by atoms with E-state index in [9.17, 15) is 0 Å². The topological polar surface area (TPSA) is 95.1 Å². The highest BCUT2D eigenvalue weighted by molar-refractivity contribution is 4.44. The van der Waals surface area contributed by atoms with Crippen molar-refractivity contribution in [2.24, 2.45) is 0 Å². The third-order valence-electron chi connectivity index (χ3n) is 5.11. The molecule has 0 aromatic heterocycles. The average Bonchev–Trinajstić information content (AvgIpc) is 2.91. The van der Waals surface area contributed by atoms with Crippen LogP contribution in [0.25, 0.3) is 0 Å². The van der Waals surface area contributed by atoms with Crippen LogP contribution < -0.4 is 5.32 Å². The first-order valence-corrected chi connectivity index (χ1v) is 14.3. The van der Waals surface area contributed by atoms with E-state index in [1.54, 1.807) is 0 Å². The highest BCUT2D eigenvalue weighted by Crippen LogP contribution is 2.04. The molecular formula is C27H57NO9. The minimum Gasteiger partial charge on any atom is -0.379 e. The summed E-state index contributed by atoms with van der Waals surface area (Å²) in [7, 11) is 1.90. The quantitative estimate of drug-likeness (QED) is 0.123. The molecule has 0 aliphatic heterocycles. The summed E-state index contributed by atoms with van der Waals surface area (Å²) in [6, 6.07) is 0. The highest BCUT2D eigenvalue weighted by Gasteiger charge is 1.96. The molecule has 224 valence electrons. The van der Waals surface area contributed by atoms with Crippen LogP contribution in [0.1, 0.15) is 45.4 Å². The van der Waals surface area contributed by atoms with Crippen molar-refractivity contribution in [3.05, 3.63) is 0 Å². The van der Waals surface area contributed by atoms with Gasteiger partial charge in [0.15, 0.2) is 0 Å². The molecule has 10 nitrogen and oxygen atoms in total. The van der Waals surface area contributed by atoms with E-state index in [0.717, 1.165) is 19.6 Å². The fourth-order valence-corrected chi connectivity index (χ4v) is 3.02. The van der Waals surface area contributed by atoms with E-state index in [4.69, 9.17) is 42.6 Å². The second kappa shape index (κ2) is 35.6. The van der Waals surface area contributed by atoms with Gasteiger partial charge in [-0.3, -0.25) is 0 Å². The van der Waals surface area contributed by atoms with Crippen molar-refractivity contribution in [3.63, 3.8) is 0 Å². The number of unbranched alkanes of at least 4 members (excludes halogenated alkanes) is 5. The Morgan fingerprint density at radius 1 is 0.324 bits per heavy atom. The maximum atomic E-state index is 5.58. The summed E-state index contributed by atoms with van der Waals surface area (Å²) in [5.41, 5.74) is 0. The van der Waals surface area contributed by atoms with E-state index >= 15 is 0 Å². The molecule has 0 aromatic carbocycles. The Bertz CT molecular complexity index is 361. The Balaban J connectivity index is 3.00. The zero-order valence-electron chi connectivity index (χ0n) is 23.9. The fourth-order valence-electron chi connectivity index (χ4n) is 3.02. The van der Waals surface area contributed by atoms with Crippen molar-refractivity contribution in [1.82, 2.24) is 5.32 Å². The molecule has 0 saturated carbocycles. The van der Waals surface area contributed by atoms with Crippen molar-refractivity contribution in [2.75, 3.05) is 133 Å². The van der Waals surface area contributed by atoms with Crippen LogP contribution in [-0.4, -0.2) is 133 Å². The van der Waals surface area contributed by atoms with Crippen LogP contribution in [0, 0.1) is 0 Å². The summed E-state index contributed by atoms with van der Waals surface area (Å²) in [5.74, 6) is 0. The summed E-state index contributed by atoms with van der Waals surface area (Å²) in [4.78, 5) is 0. The lowest BCUT2D eigenvalue weighted by atomic mass is 10.1. The van der Waals surface area contributed by atoms with Crippen LogP contribution >= 0.6 is 0 Å². The lowest BCUT2D eigenvalue weighted by molar-refractivity contribution is -0.0249. The Hall–Kier alpha value is -0.400. The van der Waals surface area contributed by atoms with Gasteiger partial charge in [0.25, 0.3) is 0 Å². The van der Waals surface area contributed by atoms with E-state index in [-0.39, 0.29) is 0 Å². The zero-order chi connectivity index (χ0) is 26.7. The minimum atomic E-state index is 0.538. The summed E-state index contributed by atoms with van der Waals surface area (Å²) < 4.78 is 49.2. The summed E-state index contributed by atoms with van der Waals surface area (Å²) in [5, 5.41) is 3.02. The first kappa shape index (κ1) is 36.6. The molecule has 1 N–H and O–H groups in total. The van der Waals surface area contributed by atoms with Gasteiger partial charge < -0.3 is 47.9 Å². The summed E-state index contributed by atoms with van der Waals surface area (Å²) >= 11 is 0. The first-order valence-electron chi connectivity index (χ1n) is 14.3. The smallest absolute Gasteiger partial charge is 0.0701 e. The van der Waals surface area contributed by atoms with E-state index in [2.05, 4.69) is 12.2 Å². The molecule has 0 rings (SSSR count). The SMILES string of the molecule is CCCCCCCCOCCOCCOCCOCCOCCOCCOCCOCCOCCNC. The number of ether oxygens (including phenoxy) is 9. The predicted molar refractivity (Wildman–Crippen MR) is 145 cm³/mol. The van der Waals surface area contributed by atoms with Crippen molar-refractivity contribution in [2.45, 2.75) is 45.4 Å². The van der Waals surface area contributed by atoms with Crippen molar-refractivity contribution < 1.29 is 42.6 Å². The Kier molecular flexibility index (Phi) is 35.2. The first-order chi connectivity index (χ1) is 18.4. The van der Waals surface area contributed by atoms with Gasteiger partial charge in [-0.05, 0) is 13.5 Å². The summed E-state index contributed by atoms with van der Waals surface area (Å²) in [6.07, 6.45) is 7.71. The predicted octanol–water partition coefficient (Wildman–Crippen LogP) is 2.72. The van der Waals surface area contributed by atoms with Gasteiger partial charge in [-0.1, -0.05) is 39.0 Å². The lowest BCUT2D eigenvalue weighted by Crippen LogP contribution is -2.17. The van der Waals surface area contributed by atoms with Crippen LogP contribution in [0.15, 0.2) is 0 Å². The van der Waals surface area contributed by atoms with E-state index in [1.165, 1.54) is 32.1 Å². The molecule has 0 aliphatic carbocycles. The monoisotopic (exact) mass is 539 g/mol. The average molecular weight is 540 g/mol. The zero-order valence-corrected chi connectivity index (χ0v) is 23.9. The molecule has 0 spiro atoms. The van der Waals surface area contributed by atoms with Crippen LogP contribution in [-0.2, 0) is 42.6 Å². The standard InChI is InChI=1S/C27H57NO9/c1-3-4-5-6-7-8-10-29-12-14-31-16-18-33-20-22-35-24-26-37-27-25-36-23-21-34-19-17-32-15-13-30-11-9-28-2/h28H,3-27H2,1-2H3. The fraction of sp³-hybridized carbons (Fsp3) is 1.00. The molecule has 0 atom stereocenters. The second-order valence-electron chi connectivity index (χ2n) is 8.38. The maximum absolute atomic E-state index is 5.58. The summed E-state index contributed by atoms with van der Waals surface area (Å²) in [6.45, 7) is 13.7. The van der Waals surface area contributed by atoms with Crippen molar-refractivity contribution >= 4 is 0 Å². The molecule has 0 unspecified atom stereocenters. The lowest BCUT2D eigenvalue weighted by Gasteiger charge is -2.09. The maximum Gasteiger partial charge on any atom is 0.0701 e. The van der Waals surface area contributed by atoms with Crippen LogP contribution in [0.5, 0.6) is 0 Å².